The SMILES string of the molecule is CCC(=Cc1sc2ccc3ccccc3c2[n+]1CCCS(=O)(=O)O)C=C1Sc2ccc(OC)cc2N1CCC(=O)O. The molecule has 0 spiro atoms. The molecule has 3 aromatic carbocycles. The van der Waals surface area contributed by atoms with Gasteiger partial charge in [-0.3, -0.25) is 9.35 Å². The smallest absolute Gasteiger partial charge is 0.305 e. The first kappa shape index (κ1) is 29.1. The summed E-state index contributed by atoms with van der Waals surface area (Å²) < 4.78 is 40.9. The zero-order chi connectivity index (χ0) is 29.1. The van der Waals surface area contributed by atoms with Crippen molar-refractivity contribution in [3.05, 3.63) is 76.3 Å². The molecule has 0 atom stereocenters. The number of thioether (sulfide) groups is 1. The molecule has 214 valence electrons. The molecule has 1 aliphatic heterocycles. The Morgan fingerprint density at radius 3 is 2.68 bits per heavy atom. The van der Waals surface area contributed by atoms with Crippen LogP contribution in [-0.2, 0) is 21.5 Å². The van der Waals surface area contributed by atoms with Gasteiger partial charge in [0.1, 0.15) is 10.4 Å². The van der Waals surface area contributed by atoms with Crippen LogP contribution in [0.15, 0.2) is 76.2 Å². The summed E-state index contributed by atoms with van der Waals surface area (Å²) in [5.41, 5.74) is 3.01. The number of hydrogen-bond donors (Lipinski definition) is 2. The maximum absolute atomic E-state index is 11.5. The zero-order valence-electron chi connectivity index (χ0n) is 22.7. The molecule has 0 unspecified atom stereocenters. The number of aryl methyl sites for hydroxylation is 1. The molecule has 0 amide bonds. The topological polar surface area (TPSA) is 108 Å². The minimum atomic E-state index is -4.07. The van der Waals surface area contributed by atoms with Gasteiger partial charge in [-0.15, -0.1) is 0 Å². The highest BCUT2D eigenvalue weighted by Gasteiger charge is 2.27. The first-order chi connectivity index (χ1) is 19.7. The van der Waals surface area contributed by atoms with E-state index in [1.165, 1.54) is 0 Å². The highest BCUT2D eigenvalue weighted by molar-refractivity contribution is 8.03. The standard InChI is InChI=1S/C30H30N2O6S3/c1-3-20(17-27-31(15-13-29(33)34)24-19-22(38-2)10-12-25(24)39-27)18-28-32(14-6-16-41(35,36)37)30-23-8-5-4-7-21(23)9-11-26(30)40-28/h4-5,7-12,17-19H,3,6,13-16H2,1-2H3,(H-,33,34,35,36,37)/p+1. The second-order valence-corrected chi connectivity index (χ2v) is 13.3. The fraction of sp³-hybridized carbons (Fsp3) is 0.267. The largest absolute Gasteiger partial charge is 0.497 e. The minimum Gasteiger partial charge on any atom is -0.497 e. The summed E-state index contributed by atoms with van der Waals surface area (Å²) in [6.45, 7) is 2.83. The number of fused-ring (bicyclic) bond motifs is 4. The molecular formula is C30H31N2O6S3+. The van der Waals surface area contributed by atoms with E-state index in [9.17, 15) is 22.9 Å². The van der Waals surface area contributed by atoms with E-state index >= 15 is 0 Å². The summed E-state index contributed by atoms with van der Waals surface area (Å²) in [6, 6.07) is 18.1. The molecule has 1 aliphatic rings. The van der Waals surface area contributed by atoms with Gasteiger partial charge in [0.2, 0.25) is 5.52 Å². The molecule has 0 bridgehead atoms. The first-order valence-electron chi connectivity index (χ1n) is 13.2. The number of thiazole rings is 1. The molecule has 1 aromatic heterocycles. The van der Waals surface area contributed by atoms with Gasteiger partial charge in [0.05, 0.1) is 35.4 Å². The quantitative estimate of drug-likeness (QED) is 0.149. The number of aromatic nitrogens is 1. The van der Waals surface area contributed by atoms with E-state index in [1.54, 1.807) is 30.2 Å². The number of anilines is 1. The Labute approximate surface area is 247 Å². The number of hydrogen-bond acceptors (Lipinski definition) is 7. The van der Waals surface area contributed by atoms with Crippen molar-refractivity contribution in [2.24, 2.45) is 0 Å². The zero-order valence-corrected chi connectivity index (χ0v) is 25.2. The number of carboxylic acids is 1. The summed E-state index contributed by atoms with van der Waals surface area (Å²) in [7, 11) is -2.46. The van der Waals surface area contributed by atoms with Crippen molar-refractivity contribution in [2.75, 3.05) is 24.3 Å². The lowest BCUT2D eigenvalue weighted by atomic mass is 10.1. The first-order valence-corrected chi connectivity index (χ1v) is 16.5. The lowest BCUT2D eigenvalue weighted by Gasteiger charge is -2.20. The summed E-state index contributed by atoms with van der Waals surface area (Å²) in [5, 5.41) is 13.5. The number of methoxy groups -OCH3 is 1. The van der Waals surface area contributed by atoms with Crippen molar-refractivity contribution in [3.63, 3.8) is 0 Å². The number of aliphatic carboxylic acids is 1. The van der Waals surface area contributed by atoms with E-state index in [1.807, 2.05) is 35.2 Å². The Balaban J connectivity index is 1.58. The third-order valence-corrected chi connectivity index (χ3v) is 9.92. The van der Waals surface area contributed by atoms with Gasteiger partial charge in [-0.05, 0) is 47.7 Å². The highest BCUT2D eigenvalue weighted by Crippen LogP contribution is 2.48. The predicted octanol–water partition coefficient (Wildman–Crippen LogP) is 6.35. The Kier molecular flexibility index (Phi) is 8.69. The molecule has 0 radical (unpaired) electrons. The van der Waals surface area contributed by atoms with E-state index in [2.05, 4.69) is 47.9 Å². The van der Waals surface area contributed by atoms with Gasteiger partial charge in [-0.25, -0.2) is 0 Å². The second-order valence-electron chi connectivity index (χ2n) is 9.65. The summed E-state index contributed by atoms with van der Waals surface area (Å²) in [4.78, 5) is 14.5. The third kappa shape index (κ3) is 6.59. The number of rotatable bonds is 11. The van der Waals surface area contributed by atoms with Crippen molar-refractivity contribution in [1.82, 2.24) is 0 Å². The molecule has 8 nitrogen and oxygen atoms in total. The van der Waals surface area contributed by atoms with E-state index in [4.69, 9.17) is 4.74 Å². The van der Waals surface area contributed by atoms with Gasteiger partial charge in [0, 0.05) is 30.0 Å². The maximum Gasteiger partial charge on any atom is 0.305 e. The molecule has 0 fully saturated rings. The van der Waals surface area contributed by atoms with Crippen molar-refractivity contribution < 1.29 is 32.2 Å². The molecular weight excluding hydrogens is 581 g/mol. The molecule has 2 N–H and O–H groups in total. The predicted molar refractivity (Wildman–Crippen MR) is 165 cm³/mol. The molecule has 4 aromatic rings. The van der Waals surface area contributed by atoms with E-state index in [0.29, 0.717) is 18.8 Å². The Hall–Kier alpha value is -3.38. The van der Waals surface area contributed by atoms with Gasteiger partial charge in [0.15, 0.2) is 6.54 Å². The molecule has 0 saturated heterocycles. The van der Waals surface area contributed by atoms with Gasteiger partial charge in [-0.2, -0.15) is 13.0 Å². The van der Waals surface area contributed by atoms with Crippen molar-refractivity contribution in [3.8, 4) is 5.75 Å². The van der Waals surface area contributed by atoms with Crippen LogP contribution in [0.4, 0.5) is 5.69 Å². The Bertz CT molecular complexity index is 1790. The summed E-state index contributed by atoms with van der Waals surface area (Å²) in [5.74, 6) is -0.464. The average Bonchev–Trinajstić information content (AvgIpc) is 3.47. The van der Waals surface area contributed by atoms with Gasteiger partial charge in [0.25, 0.3) is 15.1 Å². The van der Waals surface area contributed by atoms with Crippen molar-refractivity contribution >= 4 is 71.9 Å². The molecule has 2 heterocycles. The van der Waals surface area contributed by atoms with E-state index < -0.39 is 16.1 Å². The molecule has 0 saturated carbocycles. The average molecular weight is 612 g/mol. The number of ether oxygens (including phenoxy) is 1. The summed E-state index contributed by atoms with van der Waals surface area (Å²) >= 11 is 3.23. The highest BCUT2D eigenvalue weighted by atomic mass is 32.2. The van der Waals surface area contributed by atoms with E-state index in [-0.39, 0.29) is 18.6 Å². The lowest BCUT2D eigenvalue weighted by Crippen LogP contribution is -2.36. The third-order valence-electron chi connectivity index (χ3n) is 6.91. The Morgan fingerprint density at radius 1 is 1.15 bits per heavy atom. The number of benzene rings is 3. The Morgan fingerprint density at radius 2 is 1.95 bits per heavy atom. The molecule has 5 rings (SSSR count). The number of carbonyl (C=O) groups is 1. The second kappa shape index (κ2) is 12.2. The van der Waals surface area contributed by atoms with Crippen molar-refractivity contribution in [2.45, 2.75) is 37.6 Å². The number of allylic oxidation sites excluding steroid dienone is 2. The van der Waals surface area contributed by atoms with Gasteiger partial charge < -0.3 is 14.7 Å². The van der Waals surface area contributed by atoms with Crippen LogP contribution >= 0.6 is 23.1 Å². The fourth-order valence-electron chi connectivity index (χ4n) is 4.92. The molecule has 41 heavy (non-hydrogen) atoms. The molecule has 0 aliphatic carbocycles. The van der Waals surface area contributed by atoms with Crippen LogP contribution in [0.3, 0.4) is 0 Å². The normalized spacial score (nSPS) is 14.8. The van der Waals surface area contributed by atoms with Gasteiger partial charge in [-0.1, -0.05) is 54.3 Å². The minimum absolute atomic E-state index is 0.00310. The van der Waals surface area contributed by atoms with Crippen LogP contribution in [0.5, 0.6) is 5.75 Å². The maximum atomic E-state index is 11.5. The van der Waals surface area contributed by atoms with E-state index in [0.717, 1.165) is 53.6 Å². The summed E-state index contributed by atoms with van der Waals surface area (Å²) in [6.07, 6.45) is 5.23. The van der Waals surface area contributed by atoms with Crippen LogP contribution in [0.2, 0.25) is 0 Å². The van der Waals surface area contributed by atoms with Crippen LogP contribution in [0.25, 0.3) is 27.1 Å². The lowest BCUT2D eigenvalue weighted by molar-refractivity contribution is -0.667. The van der Waals surface area contributed by atoms with Gasteiger partial charge >= 0.3 is 5.97 Å². The van der Waals surface area contributed by atoms with Crippen molar-refractivity contribution in [1.29, 1.82) is 0 Å². The van der Waals surface area contributed by atoms with Crippen LogP contribution in [0, 0.1) is 0 Å². The number of nitrogens with zero attached hydrogens (tertiary/aromatic N) is 2. The van der Waals surface area contributed by atoms with Crippen LogP contribution < -0.4 is 14.2 Å². The van der Waals surface area contributed by atoms with Crippen LogP contribution in [-0.4, -0.2) is 43.5 Å². The monoisotopic (exact) mass is 611 g/mol. The molecule has 11 heteroatoms. The van der Waals surface area contributed by atoms with Crippen LogP contribution in [0.1, 0.15) is 31.2 Å². The fourth-order valence-corrected chi connectivity index (χ4v) is 7.75. The number of carboxylic acid groups (broad SMARTS) is 1.